The molecule has 25 heavy (non-hydrogen) atoms. The van der Waals surface area contributed by atoms with Crippen LogP contribution in [-0.4, -0.2) is 25.0 Å². The van der Waals surface area contributed by atoms with Crippen LogP contribution in [-0.2, 0) is 16.1 Å². The highest BCUT2D eigenvalue weighted by atomic mass is 19.1. The van der Waals surface area contributed by atoms with Crippen molar-refractivity contribution in [3.8, 4) is 5.75 Å². The molecule has 5 nitrogen and oxygen atoms in total. The van der Waals surface area contributed by atoms with Crippen molar-refractivity contribution in [3.05, 3.63) is 65.0 Å². The van der Waals surface area contributed by atoms with Gasteiger partial charge in [0.1, 0.15) is 12.6 Å². The van der Waals surface area contributed by atoms with Gasteiger partial charge in [0.05, 0.1) is 7.11 Å². The minimum atomic E-state index is -0.823. The number of ether oxygens (including phenoxy) is 2. The molecule has 0 heterocycles. The molecule has 0 aromatic heterocycles. The highest BCUT2D eigenvalue weighted by Crippen LogP contribution is 2.18. The number of amides is 1. The van der Waals surface area contributed by atoms with Gasteiger partial charge in [-0.1, -0.05) is 23.8 Å². The first kappa shape index (κ1) is 18.4. The van der Waals surface area contributed by atoms with Crippen LogP contribution in [0.3, 0.4) is 0 Å². The molecule has 1 N–H and O–H groups in total. The number of esters is 1. The summed E-state index contributed by atoms with van der Waals surface area (Å²) in [4.78, 5) is 24.1. The van der Waals surface area contributed by atoms with Crippen LogP contribution in [0.25, 0.3) is 0 Å². The number of halogens is 1. The molecule has 2 aromatic rings. The molecule has 1 amide bonds. The van der Waals surface area contributed by atoms with Crippen LogP contribution in [0.15, 0.2) is 42.5 Å². The Labute approximate surface area is 145 Å². The fraction of sp³-hybridized carbons (Fsp3) is 0.263. The summed E-state index contributed by atoms with van der Waals surface area (Å²) in [7, 11) is 1.37. The Morgan fingerprint density at radius 1 is 1.20 bits per heavy atom. The van der Waals surface area contributed by atoms with E-state index in [0.29, 0.717) is 11.1 Å². The second kappa shape index (κ2) is 8.28. The number of benzene rings is 2. The van der Waals surface area contributed by atoms with E-state index in [1.165, 1.54) is 26.2 Å². The zero-order chi connectivity index (χ0) is 18.4. The van der Waals surface area contributed by atoms with E-state index in [0.717, 1.165) is 5.56 Å². The van der Waals surface area contributed by atoms with E-state index in [2.05, 4.69) is 5.32 Å². The molecular formula is C19H20FNO4. The van der Waals surface area contributed by atoms with Gasteiger partial charge in [0.2, 0.25) is 0 Å². The lowest BCUT2D eigenvalue weighted by Crippen LogP contribution is -2.39. The van der Waals surface area contributed by atoms with Crippen molar-refractivity contribution in [2.24, 2.45) is 0 Å². The molecule has 0 aliphatic carbocycles. The molecule has 0 unspecified atom stereocenters. The summed E-state index contributed by atoms with van der Waals surface area (Å²) >= 11 is 0. The van der Waals surface area contributed by atoms with Gasteiger partial charge in [0.15, 0.2) is 11.6 Å². The minimum Gasteiger partial charge on any atom is -0.494 e. The predicted octanol–water partition coefficient (Wildman–Crippen LogP) is 3.00. The molecule has 0 saturated heterocycles. The molecule has 0 spiro atoms. The van der Waals surface area contributed by atoms with Gasteiger partial charge in [-0.25, -0.2) is 9.18 Å². The van der Waals surface area contributed by atoms with Crippen LogP contribution in [0.5, 0.6) is 5.75 Å². The Morgan fingerprint density at radius 2 is 1.96 bits per heavy atom. The van der Waals surface area contributed by atoms with Crippen molar-refractivity contribution in [1.29, 1.82) is 0 Å². The second-order valence-electron chi connectivity index (χ2n) is 5.64. The number of aryl methyl sites for hydroxylation is 1. The molecule has 0 saturated carbocycles. The average molecular weight is 345 g/mol. The maximum absolute atomic E-state index is 13.6. The Bertz CT molecular complexity index is 776. The molecule has 6 heteroatoms. The summed E-state index contributed by atoms with van der Waals surface area (Å²) in [5.41, 5.74) is 1.91. The summed E-state index contributed by atoms with van der Waals surface area (Å²) in [6.07, 6.45) is 0. The first-order chi connectivity index (χ1) is 11.9. The van der Waals surface area contributed by atoms with E-state index >= 15 is 0 Å². The molecule has 2 aromatic carbocycles. The smallest absolute Gasteiger partial charge is 0.328 e. The largest absolute Gasteiger partial charge is 0.494 e. The lowest BCUT2D eigenvalue weighted by Gasteiger charge is -2.14. The van der Waals surface area contributed by atoms with E-state index in [4.69, 9.17) is 9.47 Å². The number of hydrogen-bond donors (Lipinski definition) is 1. The normalized spacial score (nSPS) is 11.5. The zero-order valence-corrected chi connectivity index (χ0v) is 14.3. The highest BCUT2D eigenvalue weighted by molar-refractivity contribution is 5.96. The van der Waals surface area contributed by atoms with Gasteiger partial charge in [0, 0.05) is 5.56 Å². The van der Waals surface area contributed by atoms with Crippen LogP contribution in [0.4, 0.5) is 4.39 Å². The number of carbonyl (C=O) groups is 2. The lowest BCUT2D eigenvalue weighted by atomic mass is 10.1. The van der Waals surface area contributed by atoms with Crippen molar-refractivity contribution in [2.45, 2.75) is 26.5 Å². The third kappa shape index (κ3) is 5.04. The third-order valence-corrected chi connectivity index (χ3v) is 3.58. The van der Waals surface area contributed by atoms with Crippen molar-refractivity contribution >= 4 is 11.9 Å². The van der Waals surface area contributed by atoms with Crippen molar-refractivity contribution in [3.63, 3.8) is 0 Å². The van der Waals surface area contributed by atoms with Crippen molar-refractivity contribution < 1.29 is 23.5 Å². The Hall–Kier alpha value is -2.89. The van der Waals surface area contributed by atoms with Gasteiger partial charge < -0.3 is 14.8 Å². The van der Waals surface area contributed by atoms with Crippen LogP contribution in [0.1, 0.15) is 28.4 Å². The number of nitrogens with one attached hydrogen (secondary N) is 1. The van der Waals surface area contributed by atoms with Crippen molar-refractivity contribution in [1.82, 2.24) is 5.32 Å². The minimum absolute atomic E-state index is 0.0929. The van der Waals surface area contributed by atoms with E-state index in [1.54, 1.807) is 24.3 Å². The van der Waals surface area contributed by atoms with E-state index < -0.39 is 17.8 Å². The molecule has 132 valence electrons. The monoisotopic (exact) mass is 345 g/mol. The molecule has 0 bridgehead atoms. The number of rotatable bonds is 6. The van der Waals surface area contributed by atoms with Gasteiger partial charge in [-0.15, -0.1) is 0 Å². The van der Waals surface area contributed by atoms with Gasteiger partial charge in [0.25, 0.3) is 5.91 Å². The van der Waals surface area contributed by atoms with Gasteiger partial charge in [-0.2, -0.15) is 0 Å². The van der Waals surface area contributed by atoms with Crippen LogP contribution in [0.2, 0.25) is 0 Å². The fourth-order valence-electron chi connectivity index (χ4n) is 2.20. The quantitative estimate of drug-likeness (QED) is 0.818. The number of carbonyl (C=O) groups excluding carboxylic acids is 2. The van der Waals surface area contributed by atoms with E-state index in [-0.39, 0.29) is 18.3 Å². The first-order valence-electron chi connectivity index (χ1n) is 7.77. The molecule has 0 fully saturated rings. The van der Waals surface area contributed by atoms with E-state index in [1.807, 2.05) is 13.0 Å². The lowest BCUT2D eigenvalue weighted by molar-refractivity contribution is -0.146. The Kier molecular flexibility index (Phi) is 6.11. The molecule has 1 atom stereocenters. The summed E-state index contributed by atoms with van der Waals surface area (Å²) < 4.78 is 23.5. The zero-order valence-electron chi connectivity index (χ0n) is 14.3. The summed E-state index contributed by atoms with van der Waals surface area (Å²) in [5, 5.41) is 2.58. The molecule has 0 aliphatic rings. The van der Waals surface area contributed by atoms with Gasteiger partial charge in [-0.3, -0.25) is 4.79 Å². The van der Waals surface area contributed by atoms with Crippen LogP contribution in [0, 0.1) is 12.7 Å². The average Bonchev–Trinajstić information content (AvgIpc) is 2.59. The summed E-state index contributed by atoms with van der Waals surface area (Å²) in [6.45, 7) is 3.32. The van der Waals surface area contributed by atoms with Crippen molar-refractivity contribution in [2.75, 3.05) is 7.11 Å². The third-order valence-electron chi connectivity index (χ3n) is 3.58. The van der Waals surface area contributed by atoms with Crippen LogP contribution < -0.4 is 10.1 Å². The maximum atomic E-state index is 13.6. The summed E-state index contributed by atoms with van der Waals surface area (Å²) in [5.74, 6) is -1.37. The number of hydrogen-bond acceptors (Lipinski definition) is 4. The molecular weight excluding hydrogens is 325 g/mol. The predicted molar refractivity (Wildman–Crippen MR) is 90.9 cm³/mol. The summed E-state index contributed by atoms with van der Waals surface area (Å²) in [6, 6.07) is 10.5. The fourth-order valence-corrected chi connectivity index (χ4v) is 2.20. The molecule has 0 aliphatic heterocycles. The second-order valence-corrected chi connectivity index (χ2v) is 5.64. The van der Waals surface area contributed by atoms with Crippen LogP contribution >= 0.6 is 0 Å². The Morgan fingerprint density at radius 3 is 2.60 bits per heavy atom. The first-order valence-corrected chi connectivity index (χ1v) is 7.77. The Balaban J connectivity index is 1.90. The van der Waals surface area contributed by atoms with Gasteiger partial charge >= 0.3 is 5.97 Å². The molecule has 0 radical (unpaired) electrons. The highest BCUT2D eigenvalue weighted by Gasteiger charge is 2.18. The number of methoxy groups -OCH3 is 1. The van der Waals surface area contributed by atoms with E-state index in [9.17, 15) is 14.0 Å². The topological polar surface area (TPSA) is 64.6 Å². The van der Waals surface area contributed by atoms with Gasteiger partial charge in [-0.05, 0) is 43.7 Å². The SMILES string of the molecule is COc1ccc(COC(=O)[C@H](C)NC(=O)c2cccc(C)c2)cc1F. The standard InChI is InChI=1S/C19H20FNO4/c1-12-5-4-6-15(9-12)18(22)21-13(2)19(23)25-11-14-7-8-17(24-3)16(20)10-14/h4-10,13H,11H2,1-3H3,(H,21,22)/t13-/m0/s1. The maximum Gasteiger partial charge on any atom is 0.328 e. The molecule has 2 rings (SSSR count).